The molecule has 0 aliphatic carbocycles. The van der Waals surface area contributed by atoms with Crippen LogP contribution < -0.4 is 33.8 Å². The molecular weight excluding hydrogens is 441 g/mol. The zero-order chi connectivity index (χ0) is 18.4. The van der Waals surface area contributed by atoms with Gasteiger partial charge in [-0.2, -0.15) is 0 Å². The van der Waals surface area contributed by atoms with Crippen molar-refractivity contribution in [2.45, 2.75) is 23.6 Å². The van der Waals surface area contributed by atoms with E-state index in [2.05, 4.69) is 4.24 Å². The van der Waals surface area contributed by atoms with E-state index in [4.69, 9.17) is 23.6 Å². The first-order chi connectivity index (χ1) is 11.1. The number of hydrogen-bond acceptors (Lipinski definition) is 4. The Labute approximate surface area is 209 Å². The molecule has 0 amide bonds. The molecule has 0 atom stereocenters. The van der Waals surface area contributed by atoms with Gasteiger partial charge < -0.3 is 4.24 Å². The van der Waals surface area contributed by atoms with Crippen LogP contribution in [0.25, 0.3) is 4.24 Å². The van der Waals surface area contributed by atoms with Gasteiger partial charge in [0, 0.05) is 4.90 Å². The van der Waals surface area contributed by atoms with Crippen LogP contribution in [0.1, 0.15) is 11.1 Å². The van der Waals surface area contributed by atoms with Gasteiger partial charge >= 0.3 is 59.1 Å². The number of benzene rings is 2. The number of rotatable bonds is 4. The van der Waals surface area contributed by atoms with Gasteiger partial charge in [0.05, 0.1) is 4.90 Å². The van der Waals surface area contributed by atoms with Crippen LogP contribution in [-0.2, 0) is 20.0 Å². The van der Waals surface area contributed by atoms with E-state index in [-0.39, 0.29) is 68.9 Å². The van der Waals surface area contributed by atoms with E-state index in [9.17, 15) is 16.8 Å². The van der Waals surface area contributed by atoms with Crippen molar-refractivity contribution in [1.82, 2.24) is 4.24 Å². The summed E-state index contributed by atoms with van der Waals surface area (Å²) in [5.41, 5.74) is 1.99. The molecule has 6 nitrogen and oxygen atoms in total. The number of nitrogens with one attached hydrogen (secondary N) is 1. The Balaban J connectivity index is 0. The number of halogens is 2. The van der Waals surface area contributed by atoms with Crippen LogP contribution in [0.2, 0.25) is 0 Å². The van der Waals surface area contributed by atoms with Crippen LogP contribution in [0.4, 0.5) is 0 Å². The third-order valence-electron chi connectivity index (χ3n) is 2.84. The summed E-state index contributed by atoms with van der Waals surface area (Å²) in [6, 6.07) is 12.7. The third-order valence-corrected chi connectivity index (χ3v) is 6.14. The fraction of sp³-hybridized carbons (Fsp3) is 0.143. The van der Waals surface area contributed by atoms with Gasteiger partial charge in [-0.3, -0.25) is 11.8 Å². The van der Waals surface area contributed by atoms with Crippen molar-refractivity contribution in [2.24, 2.45) is 0 Å². The molecule has 0 aliphatic rings. The molecule has 134 valence electrons. The number of nitrogens with zero attached hydrogens (tertiary/aromatic N) is 1. The summed E-state index contributed by atoms with van der Waals surface area (Å²) in [7, 11) is -7.12. The first kappa shape index (κ1) is 29.0. The second-order valence-corrected chi connectivity index (χ2v) is 8.82. The van der Waals surface area contributed by atoms with Gasteiger partial charge in [-0.1, -0.05) is 35.4 Å². The quantitative estimate of drug-likeness (QED) is 0.517. The summed E-state index contributed by atoms with van der Waals surface area (Å²) >= 11 is 9.93. The summed E-state index contributed by atoms with van der Waals surface area (Å²) in [4.78, 5) is 0.284. The Morgan fingerprint density at radius 1 is 0.808 bits per heavy atom. The molecule has 0 saturated carbocycles. The van der Waals surface area contributed by atoms with E-state index in [0.717, 1.165) is 11.1 Å². The summed E-state index contributed by atoms with van der Waals surface area (Å²) in [5, 5.41) is 0. The first-order valence-electron chi connectivity index (χ1n) is 6.46. The molecule has 0 aromatic heterocycles. The molecule has 0 saturated heterocycles. The fourth-order valence-corrected chi connectivity index (χ4v) is 3.16. The van der Waals surface area contributed by atoms with Crippen LogP contribution in [0.5, 0.6) is 0 Å². The zero-order valence-electron chi connectivity index (χ0n) is 13.8. The summed E-state index contributed by atoms with van der Waals surface area (Å²) in [6.07, 6.45) is 0. The first-order valence-corrected chi connectivity index (χ1v) is 10.1. The average molecular weight is 457 g/mol. The molecule has 0 aliphatic heterocycles. The van der Waals surface area contributed by atoms with Crippen molar-refractivity contribution in [3.05, 3.63) is 63.9 Å². The SMILES string of the molecule is Cc1ccc(S(=O)(=O)NCl)cc1.Cc1ccc(S(=O)(=O)[N-]Cl)cc1.[Na+].[NaH]. The van der Waals surface area contributed by atoms with Gasteiger partial charge in [0.1, 0.15) is 10.0 Å². The molecule has 0 radical (unpaired) electrons. The maximum atomic E-state index is 11.1. The Morgan fingerprint density at radius 3 is 1.46 bits per heavy atom. The second kappa shape index (κ2) is 13.1. The molecule has 0 fully saturated rings. The van der Waals surface area contributed by atoms with Crippen molar-refractivity contribution >= 4 is 73.2 Å². The Hall–Kier alpha value is 0.840. The molecule has 2 aromatic carbocycles. The molecule has 1 N–H and O–H groups in total. The molecule has 2 rings (SSSR count). The van der Waals surface area contributed by atoms with E-state index in [1.165, 1.54) is 24.3 Å². The number of sulfonamides is 2. The van der Waals surface area contributed by atoms with Crippen molar-refractivity contribution < 1.29 is 46.4 Å². The van der Waals surface area contributed by atoms with E-state index in [1.54, 1.807) is 28.5 Å². The monoisotopic (exact) mass is 456 g/mol. The van der Waals surface area contributed by atoms with E-state index >= 15 is 0 Å². The molecule has 0 heterocycles. The fourth-order valence-electron chi connectivity index (χ4n) is 1.51. The maximum absolute atomic E-state index is 11.1. The molecule has 0 unspecified atom stereocenters. The van der Waals surface area contributed by atoms with Crippen LogP contribution >= 0.6 is 23.6 Å². The van der Waals surface area contributed by atoms with Crippen molar-refractivity contribution in [3.8, 4) is 0 Å². The van der Waals surface area contributed by atoms with Gasteiger partial charge in [0.2, 0.25) is 0 Å². The van der Waals surface area contributed by atoms with E-state index < -0.39 is 20.0 Å². The van der Waals surface area contributed by atoms with Crippen LogP contribution in [-0.4, -0.2) is 46.4 Å². The molecule has 0 spiro atoms. The predicted molar refractivity (Wildman–Crippen MR) is 102 cm³/mol. The zero-order valence-corrected chi connectivity index (χ0v) is 18.9. The van der Waals surface area contributed by atoms with Crippen molar-refractivity contribution in [2.75, 3.05) is 0 Å². The molecule has 26 heavy (non-hydrogen) atoms. The topological polar surface area (TPSA) is 94.4 Å². The van der Waals surface area contributed by atoms with Crippen LogP contribution in [0, 0.1) is 13.8 Å². The van der Waals surface area contributed by atoms with Crippen LogP contribution in [0.3, 0.4) is 0 Å². The van der Waals surface area contributed by atoms with Crippen molar-refractivity contribution in [1.29, 1.82) is 0 Å². The Morgan fingerprint density at radius 2 is 1.15 bits per heavy atom. The summed E-state index contributed by atoms with van der Waals surface area (Å²) < 4.78 is 48.7. The Kier molecular flexibility index (Phi) is 14.7. The van der Waals surface area contributed by atoms with Gasteiger partial charge in [-0.15, -0.1) is 4.24 Å². The number of aryl methyl sites for hydroxylation is 2. The second-order valence-electron chi connectivity index (χ2n) is 4.75. The van der Waals surface area contributed by atoms with Crippen LogP contribution in [0.15, 0.2) is 58.3 Å². The number of hydrogen-bond donors (Lipinski definition) is 1. The van der Waals surface area contributed by atoms with Crippen molar-refractivity contribution in [3.63, 3.8) is 0 Å². The molecule has 12 heteroatoms. The minimum absolute atomic E-state index is 0. The molecule has 2 aromatic rings. The van der Waals surface area contributed by atoms with Gasteiger partial charge in [0.25, 0.3) is 10.0 Å². The molecule has 0 bridgehead atoms. The van der Waals surface area contributed by atoms with Gasteiger partial charge in [0.15, 0.2) is 0 Å². The third kappa shape index (κ3) is 9.36. The van der Waals surface area contributed by atoms with Gasteiger partial charge in [-0.05, 0) is 49.9 Å². The summed E-state index contributed by atoms with van der Waals surface area (Å²) in [6.45, 7) is 3.75. The van der Waals surface area contributed by atoms with E-state index in [0.29, 0.717) is 0 Å². The normalized spacial score (nSPS) is 10.6. The summed E-state index contributed by atoms with van der Waals surface area (Å²) in [5.74, 6) is 0. The molecular formula is C14H16Cl2N2Na2O4S2. The van der Waals surface area contributed by atoms with Gasteiger partial charge in [-0.25, -0.2) is 16.8 Å². The minimum atomic E-state index is -3.62. The standard InChI is InChI=1S/C7H8ClNO2S.C7H7ClNO2S.2Na.H/c2*1-6-2-4-7(5-3-6)12(10,11)9-8;;;/h2-5,9H,1H3;2-5H,1H3;;;/q;-1;;+1;. The van der Waals surface area contributed by atoms with E-state index in [1.807, 2.05) is 13.8 Å². The Bertz CT molecular complexity index is 801. The predicted octanol–water partition coefficient (Wildman–Crippen LogP) is -0.00616. The average Bonchev–Trinajstić information content (AvgIpc) is 2.56.